The number of para-hydroxylation sites is 1. The molecule has 0 aliphatic rings. The van der Waals surface area contributed by atoms with Crippen molar-refractivity contribution in [3.63, 3.8) is 0 Å². The van der Waals surface area contributed by atoms with Crippen molar-refractivity contribution in [1.29, 1.82) is 0 Å². The summed E-state index contributed by atoms with van der Waals surface area (Å²) >= 11 is 0. The Morgan fingerprint density at radius 3 is 2.86 bits per heavy atom. The van der Waals surface area contributed by atoms with Gasteiger partial charge in [-0.2, -0.15) is 0 Å². The van der Waals surface area contributed by atoms with Crippen LogP contribution in [-0.4, -0.2) is 39.2 Å². The highest BCUT2D eigenvalue weighted by atomic mass is 16.3. The number of nitrogens with zero attached hydrogens (tertiary/aromatic N) is 3. The Morgan fingerprint density at radius 1 is 1.38 bits per heavy atom. The van der Waals surface area contributed by atoms with E-state index in [1.165, 1.54) is 0 Å². The van der Waals surface area contributed by atoms with Gasteiger partial charge in [-0.1, -0.05) is 30.3 Å². The zero-order chi connectivity index (χ0) is 15.1. The first-order valence-corrected chi connectivity index (χ1v) is 7.07. The SMILES string of the molecule is CC(CO)CCCNC(=O)c1cn(-c2ccccc2)nn1. The molecule has 2 rings (SSSR count). The molecule has 1 heterocycles. The minimum absolute atomic E-state index is 0.180. The van der Waals surface area contributed by atoms with E-state index in [1.54, 1.807) is 10.9 Å². The second kappa shape index (κ2) is 7.54. The van der Waals surface area contributed by atoms with Crippen LogP contribution < -0.4 is 5.32 Å². The number of nitrogens with one attached hydrogen (secondary N) is 1. The molecule has 6 nitrogen and oxygen atoms in total. The predicted molar refractivity (Wildman–Crippen MR) is 79.2 cm³/mol. The van der Waals surface area contributed by atoms with E-state index < -0.39 is 0 Å². The molecule has 21 heavy (non-hydrogen) atoms. The summed E-state index contributed by atoms with van der Waals surface area (Å²) in [6, 6.07) is 9.51. The van der Waals surface area contributed by atoms with E-state index in [9.17, 15) is 4.79 Å². The summed E-state index contributed by atoms with van der Waals surface area (Å²) in [6.45, 7) is 2.73. The summed E-state index contributed by atoms with van der Waals surface area (Å²) in [7, 11) is 0. The molecule has 112 valence electrons. The average Bonchev–Trinajstić information content (AvgIpc) is 3.02. The first-order chi connectivity index (χ1) is 10.2. The lowest BCUT2D eigenvalue weighted by Crippen LogP contribution is -2.25. The second-order valence-electron chi connectivity index (χ2n) is 5.07. The van der Waals surface area contributed by atoms with Gasteiger partial charge in [0.05, 0.1) is 11.9 Å². The van der Waals surface area contributed by atoms with Crippen LogP contribution >= 0.6 is 0 Å². The Labute approximate surface area is 123 Å². The zero-order valence-corrected chi connectivity index (χ0v) is 12.1. The molecule has 0 fully saturated rings. The topological polar surface area (TPSA) is 80.0 Å². The minimum atomic E-state index is -0.228. The van der Waals surface area contributed by atoms with E-state index in [0.717, 1.165) is 18.5 Å². The first-order valence-electron chi connectivity index (χ1n) is 7.07. The Hall–Kier alpha value is -2.21. The van der Waals surface area contributed by atoms with Crippen LogP contribution in [0.2, 0.25) is 0 Å². The van der Waals surface area contributed by atoms with E-state index in [0.29, 0.717) is 12.2 Å². The molecule has 0 bridgehead atoms. The van der Waals surface area contributed by atoms with Crippen LogP contribution in [0.15, 0.2) is 36.5 Å². The van der Waals surface area contributed by atoms with Crippen molar-refractivity contribution in [1.82, 2.24) is 20.3 Å². The normalized spacial score (nSPS) is 12.1. The number of aliphatic hydroxyl groups is 1. The number of hydrogen-bond acceptors (Lipinski definition) is 4. The van der Waals surface area contributed by atoms with Gasteiger partial charge in [-0.25, -0.2) is 4.68 Å². The Morgan fingerprint density at radius 2 is 2.14 bits per heavy atom. The van der Waals surface area contributed by atoms with E-state index in [4.69, 9.17) is 5.11 Å². The lowest BCUT2D eigenvalue weighted by Gasteiger charge is -2.07. The highest BCUT2D eigenvalue weighted by Crippen LogP contribution is 2.06. The summed E-state index contributed by atoms with van der Waals surface area (Å²) in [4.78, 5) is 11.9. The lowest BCUT2D eigenvalue weighted by molar-refractivity contribution is 0.0947. The summed E-state index contributed by atoms with van der Waals surface area (Å²) in [5.74, 6) is 0.0368. The number of benzene rings is 1. The van der Waals surface area contributed by atoms with E-state index >= 15 is 0 Å². The van der Waals surface area contributed by atoms with Gasteiger partial charge in [0, 0.05) is 13.2 Å². The molecule has 6 heteroatoms. The second-order valence-corrected chi connectivity index (χ2v) is 5.07. The van der Waals surface area contributed by atoms with Crippen molar-refractivity contribution in [3.8, 4) is 5.69 Å². The molecule has 0 saturated heterocycles. The number of rotatable bonds is 7. The van der Waals surface area contributed by atoms with Gasteiger partial charge in [0.2, 0.25) is 0 Å². The van der Waals surface area contributed by atoms with Gasteiger partial charge in [0.25, 0.3) is 5.91 Å². The molecule has 0 aliphatic heterocycles. The fourth-order valence-corrected chi connectivity index (χ4v) is 1.91. The molecule has 1 atom stereocenters. The van der Waals surface area contributed by atoms with Crippen LogP contribution in [0.5, 0.6) is 0 Å². The molecule has 1 aromatic heterocycles. The quantitative estimate of drug-likeness (QED) is 0.755. The largest absolute Gasteiger partial charge is 0.396 e. The Kier molecular flexibility index (Phi) is 5.45. The van der Waals surface area contributed by atoms with E-state index in [1.807, 2.05) is 37.3 Å². The maximum Gasteiger partial charge on any atom is 0.273 e. The molecule has 0 spiro atoms. The molecule has 1 aromatic carbocycles. The molecule has 2 N–H and O–H groups in total. The number of carbonyl (C=O) groups is 1. The molecule has 0 radical (unpaired) electrons. The molecule has 1 unspecified atom stereocenters. The van der Waals surface area contributed by atoms with Crippen molar-refractivity contribution in [3.05, 3.63) is 42.2 Å². The Bertz CT molecular complexity index is 568. The maximum atomic E-state index is 11.9. The van der Waals surface area contributed by atoms with Crippen LogP contribution in [0.3, 0.4) is 0 Å². The predicted octanol–water partition coefficient (Wildman–Crippen LogP) is 1.41. The maximum absolute atomic E-state index is 11.9. The average molecular weight is 288 g/mol. The van der Waals surface area contributed by atoms with Crippen LogP contribution in [0.1, 0.15) is 30.3 Å². The number of aromatic nitrogens is 3. The summed E-state index contributed by atoms with van der Waals surface area (Å²) in [5.41, 5.74) is 1.16. The van der Waals surface area contributed by atoms with Gasteiger partial charge < -0.3 is 10.4 Å². The van der Waals surface area contributed by atoms with Crippen LogP contribution in [0.25, 0.3) is 5.69 Å². The molecular weight excluding hydrogens is 268 g/mol. The van der Waals surface area contributed by atoms with Crippen molar-refractivity contribution < 1.29 is 9.90 Å². The Balaban J connectivity index is 1.85. The summed E-state index contributed by atoms with van der Waals surface area (Å²) < 4.78 is 1.57. The summed E-state index contributed by atoms with van der Waals surface area (Å²) in [5, 5.41) is 19.6. The number of aliphatic hydroxyl groups excluding tert-OH is 1. The summed E-state index contributed by atoms with van der Waals surface area (Å²) in [6.07, 6.45) is 3.33. The van der Waals surface area contributed by atoms with Gasteiger partial charge in [0.1, 0.15) is 0 Å². The molecule has 0 aliphatic carbocycles. The van der Waals surface area contributed by atoms with Crippen LogP contribution in [-0.2, 0) is 0 Å². The fraction of sp³-hybridized carbons (Fsp3) is 0.400. The monoisotopic (exact) mass is 288 g/mol. The highest BCUT2D eigenvalue weighted by molar-refractivity contribution is 5.91. The molecule has 1 amide bonds. The fourth-order valence-electron chi connectivity index (χ4n) is 1.91. The first kappa shape index (κ1) is 15.2. The molecule has 2 aromatic rings. The lowest BCUT2D eigenvalue weighted by atomic mass is 10.1. The van der Waals surface area contributed by atoms with E-state index in [2.05, 4.69) is 15.6 Å². The molecule has 0 saturated carbocycles. The minimum Gasteiger partial charge on any atom is -0.396 e. The zero-order valence-electron chi connectivity index (χ0n) is 12.1. The molecular formula is C15H20N4O2. The van der Waals surface area contributed by atoms with E-state index in [-0.39, 0.29) is 18.4 Å². The third-order valence-corrected chi connectivity index (χ3v) is 3.22. The van der Waals surface area contributed by atoms with Gasteiger partial charge in [0.15, 0.2) is 5.69 Å². The van der Waals surface area contributed by atoms with Crippen LogP contribution in [0, 0.1) is 5.92 Å². The third-order valence-electron chi connectivity index (χ3n) is 3.22. The van der Waals surface area contributed by atoms with Gasteiger partial charge in [-0.15, -0.1) is 5.10 Å². The van der Waals surface area contributed by atoms with Gasteiger partial charge in [-0.3, -0.25) is 4.79 Å². The number of amides is 1. The number of carbonyl (C=O) groups excluding carboxylic acids is 1. The van der Waals surface area contributed by atoms with Crippen molar-refractivity contribution in [2.45, 2.75) is 19.8 Å². The van der Waals surface area contributed by atoms with Gasteiger partial charge in [-0.05, 0) is 30.9 Å². The standard InChI is InChI=1S/C15H20N4O2/c1-12(11-20)6-5-9-16-15(21)14-10-19(18-17-14)13-7-3-2-4-8-13/h2-4,7-8,10,12,20H,5-6,9,11H2,1H3,(H,16,21). The van der Waals surface area contributed by atoms with Crippen molar-refractivity contribution >= 4 is 5.91 Å². The number of hydrogen-bond donors (Lipinski definition) is 2. The smallest absolute Gasteiger partial charge is 0.273 e. The van der Waals surface area contributed by atoms with Crippen LogP contribution in [0.4, 0.5) is 0 Å². The van der Waals surface area contributed by atoms with Crippen molar-refractivity contribution in [2.75, 3.05) is 13.2 Å². The third kappa shape index (κ3) is 4.39. The highest BCUT2D eigenvalue weighted by Gasteiger charge is 2.11. The van der Waals surface area contributed by atoms with Gasteiger partial charge >= 0.3 is 0 Å². The van der Waals surface area contributed by atoms with Crippen molar-refractivity contribution in [2.24, 2.45) is 5.92 Å².